The van der Waals surface area contributed by atoms with Crippen LogP contribution in [0, 0.1) is 0 Å². The lowest BCUT2D eigenvalue weighted by Gasteiger charge is -2.14. The van der Waals surface area contributed by atoms with Crippen molar-refractivity contribution < 1.29 is 14.7 Å². The quantitative estimate of drug-likeness (QED) is 0.598. The van der Waals surface area contributed by atoms with E-state index in [4.69, 9.17) is 9.94 Å². The Morgan fingerprint density at radius 2 is 2.60 bits per heavy atom. The van der Waals surface area contributed by atoms with Crippen molar-refractivity contribution in [3.63, 3.8) is 0 Å². The van der Waals surface area contributed by atoms with E-state index >= 15 is 0 Å². The van der Waals surface area contributed by atoms with Gasteiger partial charge < -0.3 is 5.11 Å². The number of aliphatic carboxylic acids is 1. The molecule has 0 aromatic heterocycles. The Hall–Kier alpha value is -0.610. The van der Waals surface area contributed by atoms with E-state index in [9.17, 15) is 4.79 Å². The van der Waals surface area contributed by atoms with Crippen LogP contribution in [0.5, 0.6) is 0 Å². The number of carbonyl (C=O) groups is 1. The first kappa shape index (κ1) is 7.50. The van der Waals surface area contributed by atoms with Crippen LogP contribution in [-0.4, -0.2) is 35.8 Å². The average Bonchev–Trinajstić information content (AvgIpc) is 2.15. The highest BCUT2D eigenvalue weighted by Crippen LogP contribution is 2.14. The normalized spacial score (nSPS) is 27.1. The molecular formula is C6H11NO3. The van der Waals surface area contributed by atoms with Gasteiger partial charge >= 0.3 is 5.97 Å². The van der Waals surface area contributed by atoms with Crippen molar-refractivity contribution in [2.24, 2.45) is 0 Å². The van der Waals surface area contributed by atoms with Crippen LogP contribution < -0.4 is 0 Å². The maximum atomic E-state index is 10.2. The fourth-order valence-electron chi connectivity index (χ4n) is 1.05. The van der Waals surface area contributed by atoms with E-state index in [0.29, 0.717) is 6.61 Å². The highest BCUT2D eigenvalue weighted by Gasteiger charge is 2.24. The number of carboxylic acid groups (broad SMARTS) is 1. The van der Waals surface area contributed by atoms with E-state index in [2.05, 4.69) is 0 Å². The third-order valence-electron chi connectivity index (χ3n) is 1.67. The Balaban J connectivity index is 2.33. The van der Waals surface area contributed by atoms with E-state index in [-0.39, 0.29) is 12.5 Å². The second-order valence-electron chi connectivity index (χ2n) is 2.42. The average molecular weight is 145 g/mol. The van der Waals surface area contributed by atoms with Crippen LogP contribution in [0.2, 0.25) is 0 Å². The summed E-state index contributed by atoms with van der Waals surface area (Å²) in [5.74, 6) is -0.762. The van der Waals surface area contributed by atoms with Gasteiger partial charge in [-0.15, -0.1) is 0 Å². The zero-order valence-corrected chi connectivity index (χ0v) is 5.91. The first-order valence-electron chi connectivity index (χ1n) is 3.27. The third-order valence-corrected chi connectivity index (χ3v) is 1.67. The molecule has 1 aliphatic heterocycles. The number of hydroxylamine groups is 2. The lowest BCUT2D eigenvalue weighted by molar-refractivity contribution is -0.144. The molecule has 4 heteroatoms. The standard InChI is InChI=1S/C6H11NO3/c1-7-5(2-3-10-7)4-6(8)9/h5H,2-4H2,1H3,(H,8,9). The minimum Gasteiger partial charge on any atom is -0.481 e. The van der Waals surface area contributed by atoms with E-state index in [1.165, 1.54) is 0 Å². The summed E-state index contributed by atoms with van der Waals surface area (Å²) in [5, 5.41) is 10.0. The van der Waals surface area contributed by atoms with Crippen molar-refractivity contribution in [3.05, 3.63) is 0 Å². The molecule has 0 aromatic carbocycles. The number of carboxylic acids is 1. The van der Waals surface area contributed by atoms with E-state index in [1.807, 2.05) is 0 Å². The molecule has 4 nitrogen and oxygen atoms in total. The molecule has 1 rings (SSSR count). The summed E-state index contributed by atoms with van der Waals surface area (Å²) in [6.07, 6.45) is 0.999. The smallest absolute Gasteiger partial charge is 0.305 e. The van der Waals surface area contributed by atoms with Crippen LogP contribution in [0.4, 0.5) is 0 Å². The van der Waals surface area contributed by atoms with Crippen LogP contribution in [-0.2, 0) is 9.63 Å². The molecule has 10 heavy (non-hydrogen) atoms. The van der Waals surface area contributed by atoms with Crippen LogP contribution in [0.15, 0.2) is 0 Å². The van der Waals surface area contributed by atoms with Crippen molar-refractivity contribution in [2.75, 3.05) is 13.7 Å². The second kappa shape index (κ2) is 2.98. The number of nitrogens with zero attached hydrogens (tertiary/aromatic N) is 1. The van der Waals surface area contributed by atoms with Gasteiger partial charge in [-0.1, -0.05) is 0 Å². The van der Waals surface area contributed by atoms with E-state index < -0.39 is 5.97 Å². The van der Waals surface area contributed by atoms with Gasteiger partial charge in [-0.25, -0.2) is 0 Å². The molecule has 1 atom stereocenters. The van der Waals surface area contributed by atoms with Gasteiger partial charge in [-0.05, 0) is 6.42 Å². The minimum absolute atomic E-state index is 0.0671. The molecule has 1 fully saturated rings. The van der Waals surface area contributed by atoms with Crippen molar-refractivity contribution in [2.45, 2.75) is 18.9 Å². The molecular weight excluding hydrogens is 134 g/mol. The SMILES string of the molecule is CN1OCCC1CC(=O)O. The van der Waals surface area contributed by atoms with Crippen LogP contribution in [0.25, 0.3) is 0 Å². The molecule has 1 heterocycles. The largest absolute Gasteiger partial charge is 0.481 e. The molecule has 1 aliphatic rings. The number of hydrogen-bond donors (Lipinski definition) is 1. The van der Waals surface area contributed by atoms with Crippen LogP contribution in [0.1, 0.15) is 12.8 Å². The van der Waals surface area contributed by atoms with Crippen molar-refractivity contribution >= 4 is 5.97 Å². The molecule has 0 aliphatic carbocycles. The van der Waals surface area contributed by atoms with Crippen LogP contribution in [0.3, 0.4) is 0 Å². The summed E-state index contributed by atoms with van der Waals surface area (Å²) in [4.78, 5) is 15.3. The molecule has 0 radical (unpaired) electrons. The zero-order chi connectivity index (χ0) is 7.56. The summed E-state index contributed by atoms with van der Waals surface area (Å²) in [7, 11) is 1.76. The summed E-state index contributed by atoms with van der Waals surface area (Å²) < 4.78 is 0. The summed E-state index contributed by atoms with van der Waals surface area (Å²) >= 11 is 0. The van der Waals surface area contributed by atoms with Crippen molar-refractivity contribution in [1.82, 2.24) is 5.06 Å². The van der Waals surface area contributed by atoms with E-state index in [1.54, 1.807) is 12.1 Å². The molecule has 0 bridgehead atoms. The molecule has 58 valence electrons. The zero-order valence-electron chi connectivity index (χ0n) is 5.91. The van der Waals surface area contributed by atoms with Crippen molar-refractivity contribution in [3.8, 4) is 0 Å². The second-order valence-corrected chi connectivity index (χ2v) is 2.42. The van der Waals surface area contributed by atoms with Crippen LogP contribution >= 0.6 is 0 Å². The Kier molecular flexibility index (Phi) is 2.24. The molecule has 0 spiro atoms. The first-order chi connectivity index (χ1) is 4.70. The summed E-state index contributed by atoms with van der Waals surface area (Å²) in [6, 6.07) is 0.0671. The molecule has 1 saturated heterocycles. The third kappa shape index (κ3) is 1.68. The van der Waals surface area contributed by atoms with Gasteiger partial charge in [0.15, 0.2) is 0 Å². The Morgan fingerprint density at radius 3 is 3.00 bits per heavy atom. The fourth-order valence-corrected chi connectivity index (χ4v) is 1.05. The fraction of sp³-hybridized carbons (Fsp3) is 0.833. The predicted octanol–water partition coefficient (Wildman–Crippen LogP) is 0.0968. The predicted molar refractivity (Wildman–Crippen MR) is 34.4 cm³/mol. The highest BCUT2D eigenvalue weighted by atomic mass is 16.7. The van der Waals surface area contributed by atoms with Crippen molar-refractivity contribution in [1.29, 1.82) is 0 Å². The minimum atomic E-state index is -0.762. The monoisotopic (exact) mass is 145 g/mol. The van der Waals surface area contributed by atoms with Gasteiger partial charge in [0.2, 0.25) is 0 Å². The Morgan fingerprint density at radius 1 is 1.90 bits per heavy atom. The Bertz CT molecular complexity index is 137. The summed E-state index contributed by atoms with van der Waals surface area (Å²) in [6.45, 7) is 0.647. The summed E-state index contributed by atoms with van der Waals surface area (Å²) in [5.41, 5.74) is 0. The number of hydrogen-bond acceptors (Lipinski definition) is 3. The van der Waals surface area contributed by atoms with Gasteiger partial charge in [-0.3, -0.25) is 9.63 Å². The van der Waals surface area contributed by atoms with Gasteiger partial charge in [0.1, 0.15) is 0 Å². The molecule has 0 saturated carbocycles. The lowest BCUT2D eigenvalue weighted by Crippen LogP contribution is -2.26. The highest BCUT2D eigenvalue weighted by molar-refractivity contribution is 5.67. The van der Waals surface area contributed by atoms with Gasteiger partial charge in [0.25, 0.3) is 0 Å². The Labute approximate surface area is 59.3 Å². The molecule has 0 amide bonds. The maximum absolute atomic E-state index is 10.2. The molecule has 1 unspecified atom stereocenters. The molecule has 0 aromatic rings. The van der Waals surface area contributed by atoms with E-state index in [0.717, 1.165) is 6.42 Å². The maximum Gasteiger partial charge on any atom is 0.305 e. The van der Waals surface area contributed by atoms with Gasteiger partial charge in [-0.2, -0.15) is 5.06 Å². The first-order valence-corrected chi connectivity index (χ1v) is 3.27. The number of rotatable bonds is 2. The molecule has 1 N–H and O–H groups in total. The van der Waals surface area contributed by atoms with Gasteiger partial charge in [0, 0.05) is 13.1 Å². The lowest BCUT2D eigenvalue weighted by atomic mass is 10.1. The van der Waals surface area contributed by atoms with Gasteiger partial charge in [0.05, 0.1) is 13.0 Å². The topological polar surface area (TPSA) is 49.8 Å².